The average Bonchev–Trinajstić information content (AvgIpc) is 3.44. The van der Waals surface area contributed by atoms with Crippen molar-refractivity contribution < 1.29 is 4.79 Å². The molecule has 1 amide bonds. The van der Waals surface area contributed by atoms with E-state index in [1.165, 1.54) is 0 Å². The highest BCUT2D eigenvalue weighted by Gasteiger charge is 2.21. The van der Waals surface area contributed by atoms with Gasteiger partial charge in [-0.05, 0) is 31.0 Å². The van der Waals surface area contributed by atoms with Crippen LogP contribution in [0.15, 0.2) is 41.9 Å². The maximum absolute atomic E-state index is 12.4. The van der Waals surface area contributed by atoms with Gasteiger partial charge in [0.2, 0.25) is 0 Å². The van der Waals surface area contributed by atoms with Gasteiger partial charge >= 0.3 is 0 Å². The van der Waals surface area contributed by atoms with Crippen molar-refractivity contribution in [3.8, 4) is 21.8 Å². The van der Waals surface area contributed by atoms with E-state index in [1.54, 1.807) is 11.3 Å². The highest BCUT2D eigenvalue weighted by Crippen LogP contribution is 2.30. The zero-order valence-electron chi connectivity index (χ0n) is 15.2. The minimum absolute atomic E-state index is 0.0741. The number of H-pyrrole nitrogens is 1. The van der Waals surface area contributed by atoms with Crippen molar-refractivity contribution in [1.29, 1.82) is 0 Å². The molecule has 0 atom stereocenters. The molecule has 1 aliphatic rings. The third kappa shape index (κ3) is 3.80. The molecule has 1 aliphatic heterocycles. The van der Waals surface area contributed by atoms with E-state index in [-0.39, 0.29) is 5.91 Å². The molecule has 1 aromatic carbocycles. The molecule has 0 bridgehead atoms. The number of rotatable bonds is 3. The lowest BCUT2D eigenvalue weighted by Gasteiger charge is -2.13. The number of nitrogens with two attached hydrogens (primary N) is 1. The fourth-order valence-corrected chi connectivity index (χ4v) is 3.79. The number of anilines is 1. The molecule has 1 fully saturated rings. The third-order valence-electron chi connectivity index (χ3n) is 4.24. The molecule has 6 heteroatoms. The minimum Gasteiger partial charge on any atom is -0.399 e. The van der Waals surface area contributed by atoms with Crippen molar-refractivity contribution in [2.75, 3.05) is 18.8 Å². The Bertz CT molecular complexity index is 877. The van der Waals surface area contributed by atoms with Gasteiger partial charge in [0.15, 0.2) is 0 Å². The van der Waals surface area contributed by atoms with E-state index >= 15 is 0 Å². The number of nitrogens with zero attached hydrogens (tertiary/aromatic N) is 2. The monoisotopic (exact) mass is 368 g/mol. The van der Waals surface area contributed by atoms with Crippen LogP contribution in [0, 0.1) is 0 Å². The molecule has 3 aromatic rings. The Hall–Kier alpha value is -2.60. The average molecular weight is 369 g/mol. The first-order valence-corrected chi connectivity index (χ1v) is 9.88. The first-order valence-electron chi connectivity index (χ1n) is 9.00. The van der Waals surface area contributed by atoms with Gasteiger partial charge in [-0.1, -0.05) is 26.0 Å². The van der Waals surface area contributed by atoms with Gasteiger partial charge in [0.1, 0.15) is 10.7 Å². The Morgan fingerprint density at radius 1 is 1.19 bits per heavy atom. The molecule has 0 aliphatic carbocycles. The normalized spacial score (nSPS) is 13.4. The van der Waals surface area contributed by atoms with Crippen molar-refractivity contribution in [3.63, 3.8) is 0 Å². The second kappa shape index (κ2) is 8.19. The Kier molecular flexibility index (Phi) is 5.73. The molecule has 0 spiro atoms. The maximum atomic E-state index is 12.4. The van der Waals surface area contributed by atoms with E-state index in [9.17, 15) is 4.79 Å². The molecule has 0 saturated carbocycles. The second-order valence-electron chi connectivity index (χ2n) is 5.96. The van der Waals surface area contributed by atoms with Gasteiger partial charge in [-0.15, -0.1) is 11.3 Å². The highest BCUT2D eigenvalue weighted by atomic mass is 32.1. The summed E-state index contributed by atoms with van der Waals surface area (Å²) in [5, 5.41) is 2.93. The Labute approximate surface area is 157 Å². The van der Waals surface area contributed by atoms with Crippen molar-refractivity contribution >= 4 is 22.9 Å². The number of thiazole rings is 1. The zero-order chi connectivity index (χ0) is 18.5. The van der Waals surface area contributed by atoms with Gasteiger partial charge in [-0.25, -0.2) is 4.98 Å². The zero-order valence-corrected chi connectivity index (χ0v) is 16.0. The summed E-state index contributed by atoms with van der Waals surface area (Å²) in [5.74, 6) is 0.0741. The number of nitrogens with one attached hydrogen (secondary N) is 1. The predicted octanol–water partition coefficient (Wildman–Crippen LogP) is 4.65. The number of hydrogen-bond donors (Lipinski definition) is 2. The molecule has 4 rings (SSSR count). The first kappa shape index (κ1) is 18.2. The number of aromatic nitrogens is 2. The van der Waals surface area contributed by atoms with Crippen LogP contribution in [-0.2, 0) is 0 Å². The van der Waals surface area contributed by atoms with E-state index in [0.29, 0.717) is 5.69 Å². The van der Waals surface area contributed by atoms with Crippen LogP contribution in [0.25, 0.3) is 21.8 Å². The van der Waals surface area contributed by atoms with Crippen LogP contribution in [0.1, 0.15) is 37.2 Å². The van der Waals surface area contributed by atoms with Crippen LogP contribution >= 0.6 is 11.3 Å². The predicted molar refractivity (Wildman–Crippen MR) is 108 cm³/mol. The molecule has 26 heavy (non-hydrogen) atoms. The lowest BCUT2D eigenvalue weighted by Crippen LogP contribution is -2.27. The van der Waals surface area contributed by atoms with Crippen molar-refractivity contribution in [3.05, 3.63) is 47.6 Å². The molecular formula is C20H24N4OS. The number of carbonyl (C=O) groups excluding carboxylic acids is 1. The van der Waals surface area contributed by atoms with Gasteiger partial charge in [-0.3, -0.25) is 4.79 Å². The fraction of sp³-hybridized carbons (Fsp3) is 0.300. The van der Waals surface area contributed by atoms with Gasteiger partial charge in [-0.2, -0.15) is 0 Å². The van der Waals surface area contributed by atoms with E-state index in [0.717, 1.165) is 53.4 Å². The maximum Gasteiger partial charge on any atom is 0.270 e. The van der Waals surface area contributed by atoms with E-state index in [2.05, 4.69) is 9.97 Å². The topological polar surface area (TPSA) is 75.0 Å². The second-order valence-corrected chi connectivity index (χ2v) is 6.82. The molecule has 1 saturated heterocycles. The SMILES string of the molecule is CC.Nc1cccc(-c2nc(-c3c[nH]c(C(=O)N4CCCC4)c3)cs2)c1. The summed E-state index contributed by atoms with van der Waals surface area (Å²) in [4.78, 5) is 22.1. The number of nitrogen functional groups attached to an aromatic ring is 1. The standard InChI is InChI=1S/C18H18N4OS.C2H6/c19-14-5-3-4-12(8-14)17-21-16(11-24-17)13-9-15(20-10-13)18(23)22-6-1-2-7-22;1-2/h3-5,8-11,20H,1-2,6-7,19H2;1-2H3. The summed E-state index contributed by atoms with van der Waals surface area (Å²) in [6.45, 7) is 5.70. The van der Waals surface area contributed by atoms with Crippen molar-refractivity contribution in [1.82, 2.24) is 14.9 Å². The lowest BCUT2D eigenvalue weighted by molar-refractivity contribution is 0.0788. The molecule has 3 N–H and O–H groups in total. The quantitative estimate of drug-likeness (QED) is 0.661. The molecule has 2 aromatic heterocycles. The minimum atomic E-state index is 0.0741. The summed E-state index contributed by atoms with van der Waals surface area (Å²) in [7, 11) is 0. The number of carbonyl (C=O) groups is 1. The summed E-state index contributed by atoms with van der Waals surface area (Å²) < 4.78 is 0. The first-order chi connectivity index (χ1) is 12.7. The van der Waals surface area contributed by atoms with E-state index in [1.807, 2.05) is 60.7 Å². The summed E-state index contributed by atoms with van der Waals surface area (Å²) in [6, 6.07) is 9.59. The van der Waals surface area contributed by atoms with Crippen LogP contribution in [0.4, 0.5) is 5.69 Å². The number of amides is 1. The number of aromatic amines is 1. The Morgan fingerprint density at radius 2 is 1.96 bits per heavy atom. The Morgan fingerprint density at radius 3 is 2.69 bits per heavy atom. The third-order valence-corrected chi connectivity index (χ3v) is 5.13. The Balaban J connectivity index is 0.000000948. The molecular weight excluding hydrogens is 344 g/mol. The van der Waals surface area contributed by atoms with Gasteiger partial charge in [0.05, 0.1) is 5.69 Å². The van der Waals surface area contributed by atoms with Crippen LogP contribution in [0.2, 0.25) is 0 Å². The number of benzene rings is 1. The molecule has 0 radical (unpaired) electrons. The molecule has 0 unspecified atom stereocenters. The van der Waals surface area contributed by atoms with Crippen LogP contribution < -0.4 is 5.73 Å². The number of likely N-dealkylation sites (tertiary alicyclic amines) is 1. The molecule has 3 heterocycles. The highest BCUT2D eigenvalue weighted by molar-refractivity contribution is 7.13. The molecule has 5 nitrogen and oxygen atoms in total. The van der Waals surface area contributed by atoms with Crippen molar-refractivity contribution in [2.24, 2.45) is 0 Å². The smallest absolute Gasteiger partial charge is 0.270 e. The van der Waals surface area contributed by atoms with Crippen molar-refractivity contribution in [2.45, 2.75) is 26.7 Å². The van der Waals surface area contributed by atoms with Crippen LogP contribution in [0.3, 0.4) is 0 Å². The van der Waals surface area contributed by atoms with Gasteiger partial charge < -0.3 is 15.6 Å². The van der Waals surface area contributed by atoms with E-state index < -0.39 is 0 Å². The largest absolute Gasteiger partial charge is 0.399 e. The van der Waals surface area contributed by atoms with Crippen LogP contribution in [0.5, 0.6) is 0 Å². The summed E-state index contributed by atoms with van der Waals surface area (Å²) in [6.07, 6.45) is 4.03. The number of hydrogen-bond acceptors (Lipinski definition) is 4. The lowest BCUT2D eigenvalue weighted by atomic mass is 10.2. The van der Waals surface area contributed by atoms with Gasteiger partial charge in [0.25, 0.3) is 5.91 Å². The summed E-state index contributed by atoms with van der Waals surface area (Å²) in [5.41, 5.74) is 10.0. The molecule has 136 valence electrons. The van der Waals surface area contributed by atoms with Crippen LogP contribution in [-0.4, -0.2) is 33.9 Å². The summed E-state index contributed by atoms with van der Waals surface area (Å²) >= 11 is 1.57. The fourth-order valence-electron chi connectivity index (χ4n) is 2.97. The van der Waals surface area contributed by atoms with Gasteiger partial charge in [0, 0.05) is 41.5 Å². The van der Waals surface area contributed by atoms with E-state index in [4.69, 9.17) is 5.73 Å².